The third-order valence-electron chi connectivity index (χ3n) is 8.26. The molecule has 0 spiro atoms. The van der Waals surface area contributed by atoms with Crippen LogP contribution in [0.2, 0.25) is 0 Å². The van der Waals surface area contributed by atoms with Crippen molar-refractivity contribution in [3.8, 4) is 0 Å². The van der Waals surface area contributed by atoms with Crippen molar-refractivity contribution in [2.75, 3.05) is 72.0 Å². The average Bonchev–Trinajstić information content (AvgIpc) is 3.14. The van der Waals surface area contributed by atoms with Gasteiger partial charge in [0.05, 0.1) is 19.7 Å². The lowest BCUT2D eigenvalue weighted by molar-refractivity contribution is -0.384. The number of hydrogen-bond acceptors (Lipinski definition) is 16. The van der Waals surface area contributed by atoms with Crippen molar-refractivity contribution >= 4 is 46.0 Å². The van der Waals surface area contributed by atoms with E-state index in [1.165, 1.54) is 73.3 Å². The van der Waals surface area contributed by atoms with Crippen LogP contribution in [-0.4, -0.2) is 92.0 Å². The summed E-state index contributed by atoms with van der Waals surface area (Å²) in [5.74, 6) is 0.495. The molecule has 0 saturated carbocycles. The summed E-state index contributed by atoms with van der Waals surface area (Å²) in [6, 6.07) is 11.2. The van der Waals surface area contributed by atoms with Gasteiger partial charge in [-0.3, -0.25) is 40.5 Å². The van der Waals surface area contributed by atoms with Crippen LogP contribution in [0.15, 0.2) is 73.3 Å². The minimum absolute atomic E-state index is 0.103. The van der Waals surface area contributed by atoms with Gasteiger partial charge in [-0.25, -0.2) is 19.9 Å². The molecule has 20 nitrogen and oxygen atoms in total. The number of nitro groups is 4. The first kappa shape index (κ1) is 35.7. The van der Waals surface area contributed by atoms with Crippen molar-refractivity contribution < 1.29 is 19.7 Å². The molecule has 1 aliphatic heterocycles. The van der Waals surface area contributed by atoms with Crippen LogP contribution in [0.5, 0.6) is 0 Å². The van der Waals surface area contributed by atoms with Crippen molar-refractivity contribution in [3.05, 3.63) is 114 Å². The quantitative estimate of drug-likeness (QED) is 0.182. The minimum Gasteiger partial charge on any atom is -0.351 e. The molecular formula is C31H34N12O8. The van der Waals surface area contributed by atoms with Gasteiger partial charge < -0.3 is 19.6 Å². The van der Waals surface area contributed by atoms with E-state index in [1.807, 2.05) is 0 Å². The molecule has 4 aromatic rings. The number of aromatic nitrogens is 4. The summed E-state index contributed by atoms with van der Waals surface area (Å²) in [4.78, 5) is 70.2. The summed E-state index contributed by atoms with van der Waals surface area (Å²) in [6.07, 6.45) is 6.91. The van der Waals surface area contributed by atoms with E-state index < -0.39 is 19.7 Å². The first-order valence-electron chi connectivity index (χ1n) is 16.0. The molecule has 0 aromatic carbocycles. The molecule has 0 unspecified atom stereocenters. The lowest BCUT2D eigenvalue weighted by Gasteiger charge is -2.30. The van der Waals surface area contributed by atoms with Crippen LogP contribution in [-0.2, 0) is 0 Å². The van der Waals surface area contributed by atoms with E-state index in [1.54, 1.807) is 19.6 Å². The van der Waals surface area contributed by atoms with Crippen LogP contribution in [0.25, 0.3) is 0 Å². The van der Waals surface area contributed by atoms with Crippen molar-refractivity contribution in [1.29, 1.82) is 0 Å². The van der Waals surface area contributed by atoms with Crippen LogP contribution in [0, 0.1) is 40.5 Å². The van der Waals surface area contributed by atoms with Gasteiger partial charge in [-0.15, -0.1) is 0 Å². The summed E-state index contributed by atoms with van der Waals surface area (Å²) >= 11 is 0. The molecule has 0 radical (unpaired) electrons. The molecule has 0 N–H and O–H groups in total. The first-order chi connectivity index (χ1) is 24.7. The minimum atomic E-state index is -0.534. The highest BCUT2D eigenvalue weighted by molar-refractivity contribution is 5.61. The first-order valence-corrected chi connectivity index (χ1v) is 16.0. The smallest absolute Gasteiger partial charge is 0.311 e. The zero-order valence-corrected chi connectivity index (χ0v) is 27.3. The Morgan fingerprint density at radius 1 is 0.392 bits per heavy atom. The molecule has 266 valence electrons. The highest BCUT2D eigenvalue weighted by atomic mass is 16.6. The summed E-state index contributed by atoms with van der Waals surface area (Å²) < 4.78 is 0. The van der Waals surface area contributed by atoms with E-state index in [-0.39, 0.29) is 98.4 Å². The Balaban J connectivity index is 1.55. The van der Waals surface area contributed by atoms with Gasteiger partial charge in [0.1, 0.15) is 0 Å². The Morgan fingerprint density at radius 3 is 0.824 bits per heavy atom. The second-order valence-corrected chi connectivity index (χ2v) is 11.4. The predicted molar refractivity (Wildman–Crippen MR) is 186 cm³/mol. The molecule has 4 aromatic heterocycles. The van der Waals surface area contributed by atoms with E-state index in [0.29, 0.717) is 19.3 Å². The highest BCUT2D eigenvalue weighted by Crippen LogP contribution is 2.30. The second-order valence-electron chi connectivity index (χ2n) is 11.4. The fourth-order valence-corrected chi connectivity index (χ4v) is 5.99. The van der Waals surface area contributed by atoms with Crippen molar-refractivity contribution in [3.63, 3.8) is 0 Å². The van der Waals surface area contributed by atoms with Gasteiger partial charge >= 0.3 is 22.7 Å². The van der Waals surface area contributed by atoms with Crippen LogP contribution < -0.4 is 19.6 Å². The van der Waals surface area contributed by atoms with Gasteiger partial charge in [-0.2, -0.15) is 0 Å². The summed E-state index contributed by atoms with van der Waals surface area (Å²) in [7, 11) is 0. The number of pyridine rings is 4. The molecule has 1 saturated heterocycles. The SMILES string of the molecule is O=[N+]([O-])c1cccnc1N1CCCN(c2ncccc2[N+](=O)[O-])CCCN(c2ncccc2[N+](=O)[O-])CCN(c2ncccc2[N+](=O)[O-])CCC1. The molecule has 5 rings (SSSR count). The molecule has 0 atom stereocenters. The van der Waals surface area contributed by atoms with Gasteiger partial charge in [0.25, 0.3) is 0 Å². The van der Waals surface area contributed by atoms with E-state index in [9.17, 15) is 40.5 Å². The maximum Gasteiger partial charge on any atom is 0.311 e. The maximum atomic E-state index is 12.0. The fourth-order valence-electron chi connectivity index (χ4n) is 5.99. The van der Waals surface area contributed by atoms with E-state index in [0.717, 1.165) is 0 Å². The van der Waals surface area contributed by atoms with Gasteiger partial charge in [0.15, 0.2) is 0 Å². The molecule has 0 amide bonds. The Morgan fingerprint density at radius 2 is 0.608 bits per heavy atom. The highest BCUT2D eigenvalue weighted by Gasteiger charge is 2.27. The van der Waals surface area contributed by atoms with E-state index in [4.69, 9.17) is 0 Å². The molecule has 20 heteroatoms. The zero-order chi connectivity index (χ0) is 36.3. The van der Waals surface area contributed by atoms with Crippen LogP contribution >= 0.6 is 0 Å². The number of nitrogens with zero attached hydrogens (tertiary/aromatic N) is 12. The fraction of sp³-hybridized carbons (Fsp3) is 0.355. The van der Waals surface area contributed by atoms with Crippen LogP contribution in [0.1, 0.15) is 19.3 Å². The van der Waals surface area contributed by atoms with Gasteiger partial charge in [0, 0.05) is 101 Å². The van der Waals surface area contributed by atoms with Gasteiger partial charge in [-0.1, -0.05) is 0 Å². The average molecular weight is 703 g/mol. The largest absolute Gasteiger partial charge is 0.351 e. The Bertz CT molecular complexity index is 1750. The maximum absolute atomic E-state index is 12.0. The Kier molecular flexibility index (Phi) is 11.7. The predicted octanol–water partition coefficient (Wildman–Crippen LogP) is 4.41. The Hall–Kier alpha value is -6.60. The molecule has 5 heterocycles. The normalized spacial score (nSPS) is 15.1. The van der Waals surface area contributed by atoms with Crippen molar-refractivity contribution in [1.82, 2.24) is 19.9 Å². The van der Waals surface area contributed by atoms with E-state index in [2.05, 4.69) is 19.9 Å². The number of anilines is 4. The second kappa shape index (κ2) is 16.7. The van der Waals surface area contributed by atoms with Crippen LogP contribution in [0.3, 0.4) is 0 Å². The lowest BCUT2D eigenvalue weighted by atomic mass is 10.2. The topological polar surface area (TPSA) is 237 Å². The van der Waals surface area contributed by atoms with Crippen molar-refractivity contribution in [2.45, 2.75) is 19.3 Å². The lowest BCUT2D eigenvalue weighted by Crippen LogP contribution is -2.39. The summed E-state index contributed by atoms with van der Waals surface area (Å²) in [6.45, 7) is 1.84. The third-order valence-corrected chi connectivity index (χ3v) is 8.26. The molecule has 0 aliphatic carbocycles. The molecular weight excluding hydrogens is 668 g/mol. The standard InChI is InChI=1S/C31H34N12O8/c44-40(45)24-8-1-12-32-28(24)36-16-5-17-37(29-25(41(46)47)9-2-13-33-29)19-7-21-39(31-27(43(50)51)11-4-15-35-31)23-22-38(20-6-18-36)30-26(42(48)49)10-3-14-34-30/h1-4,8-15H,5-7,16-23H2. The third kappa shape index (κ3) is 8.71. The van der Waals surface area contributed by atoms with Crippen molar-refractivity contribution in [2.24, 2.45) is 0 Å². The van der Waals surface area contributed by atoms with E-state index >= 15 is 0 Å². The zero-order valence-electron chi connectivity index (χ0n) is 27.3. The monoisotopic (exact) mass is 702 g/mol. The molecule has 0 bridgehead atoms. The van der Waals surface area contributed by atoms with Gasteiger partial charge in [0.2, 0.25) is 23.3 Å². The number of rotatable bonds is 8. The Labute approximate surface area is 290 Å². The molecule has 1 fully saturated rings. The summed E-state index contributed by atoms with van der Waals surface area (Å²) in [5.41, 5.74) is -0.846. The van der Waals surface area contributed by atoms with Gasteiger partial charge in [-0.05, 0) is 43.5 Å². The van der Waals surface area contributed by atoms with Crippen LogP contribution in [0.4, 0.5) is 46.0 Å². The summed E-state index contributed by atoms with van der Waals surface area (Å²) in [5, 5.41) is 48.0. The molecule has 51 heavy (non-hydrogen) atoms. The molecule has 1 aliphatic rings. The number of hydrogen-bond donors (Lipinski definition) is 0.